The summed E-state index contributed by atoms with van der Waals surface area (Å²) in [6, 6.07) is 16.5. The zero-order valence-corrected chi connectivity index (χ0v) is 14.7. The number of carbonyl (C=O) groups is 2. The summed E-state index contributed by atoms with van der Waals surface area (Å²) in [6.45, 7) is 0. The van der Waals surface area contributed by atoms with E-state index in [1.54, 1.807) is 17.6 Å². The lowest BCUT2D eigenvalue weighted by atomic mass is 9.88. The van der Waals surface area contributed by atoms with Gasteiger partial charge in [-0.05, 0) is 36.1 Å². The lowest BCUT2D eigenvalue weighted by Crippen LogP contribution is -2.27. The maximum Gasteiger partial charge on any atom is 0.255 e. The van der Waals surface area contributed by atoms with Crippen molar-refractivity contribution in [1.82, 2.24) is 5.48 Å². The molecule has 1 aliphatic carbocycles. The first-order valence-electron chi connectivity index (χ1n) is 9.09. The predicted molar refractivity (Wildman–Crippen MR) is 99.9 cm³/mol. The Morgan fingerprint density at radius 3 is 2.12 bits per heavy atom. The molecule has 1 saturated carbocycles. The van der Waals surface area contributed by atoms with Gasteiger partial charge in [0.1, 0.15) is 0 Å². The summed E-state index contributed by atoms with van der Waals surface area (Å²) in [7, 11) is 0. The van der Waals surface area contributed by atoms with Crippen LogP contribution in [0.3, 0.4) is 0 Å². The quantitative estimate of drug-likeness (QED) is 0.565. The first kappa shape index (κ1) is 18.1. The topological polar surface area (TPSA) is 78.4 Å². The van der Waals surface area contributed by atoms with Crippen LogP contribution >= 0.6 is 0 Å². The Labute approximate surface area is 153 Å². The van der Waals surface area contributed by atoms with Crippen molar-refractivity contribution in [2.75, 3.05) is 5.32 Å². The Balaban J connectivity index is 1.74. The van der Waals surface area contributed by atoms with Crippen LogP contribution in [0.4, 0.5) is 5.69 Å². The van der Waals surface area contributed by atoms with Gasteiger partial charge in [-0.15, -0.1) is 0 Å². The summed E-state index contributed by atoms with van der Waals surface area (Å²) >= 11 is 0. The number of carbonyl (C=O) groups excluding carboxylic acids is 2. The van der Waals surface area contributed by atoms with E-state index >= 15 is 0 Å². The number of anilines is 1. The average molecular weight is 352 g/mol. The highest BCUT2D eigenvalue weighted by Gasteiger charge is 2.23. The molecule has 3 N–H and O–H groups in total. The van der Waals surface area contributed by atoms with Gasteiger partial charge in [-0.1, -0.05) is 61.7 Å². The fraction of sp³-hybridized carbons (Fsp3) is 0.333. The molecule has 0 saturated heterocycles. The molecule has 2 aromatic carbocycles. The summed E-state index contributed by atoms with van der Waals surface area (Å²) in [5.74, 6) is -0.926. The standard InChI is InChI=1S/C21H24N2O3/c24-20(17-9-5-2-6-10-17)22-18-13-11-16(12-14-18)19(21(25)23-26)15-7-3-1-4-8-15/h1,3-4,7-8,11-14,17,19,26H,2,5-6,9-10H2,(H,22,24)(H,23,25). The third kappa shape index (κ3) is 4.29. The van der Waals surface area contributed by atoms with Gasteiger partial charge < -0.3 is 5.32 Å². The van der Waals surface area contributed by atoms with Crippen molar-refractivity contribution in [3.8, 4) is 0 Å². The monoisotopic (exact) mass is 352 g/mol. The SMILES string of the molecule is O=C(Nc1ccc(C(C(=O)NO)c2ccccc2)cc1)C1CCCCC1. The molecule has 0 heterocycles. The summed E-state index contributed by atoms with van der Waals surface area (Å²) in [5.41, 5.74) is 4.00. The Kier molecular flexibility index (Phi) is 6.02. The number of rotatable bonds is 5. The van der Waals surface area contributed by atoms with Crippen molar-refractivity contribution >= 4 is 17.5 Å². The third-order valence-corrected chi connectivity index (χ3v) is 4.99. The molecular formula is C21H24N2O3. The van der Waals surface area contributed by atoms with Crippen molar-refractivity contribution in [3.63, 3.8) is 0 Å². The van der Waals surface area contributed by atoms with Crippen molar-refractivity contribution in [2.45, 2.75) is 38.0 Å². The minimum Gasteiger partial charge on any atom is -0.326 e. The van der Waals surface area contributed by atoms with Gasteiger partial charge in [-0.25, -0.2) is 5.48 Å². The molecule has 0 bridgehead atoms. The molecule has 26 heavy (non-hydrogen) atoms. The summed E-state index contributed by atoms with van der Waals surface area (Å²) in [5, 5.41) is 12.1. The lowest BCUT2D eigenvalue weighted by molar-refractivity contribution is -0.129. The molecular weight excluding hydrogens is 328 g/mol. The van der Waals surface area contributed by atoms with Crippen molar-refractivity contribution in [1.29, 1.82) is 0 Å². The predicted octanol–water partition coefficient (Wildman–Crippen LogP) is 3.84. The van der Waals surface area contributed by atoms with E-state index in [9.17, 15) is 9.59 Å². The fourth-order valence-corrected chi connectivity index (χ4v) is 3.57. The highest BCUT2D eigenvalue weighted by molar-refractivity contribution is 5.92. The minimum absolute atomic E-state index is 0.0742. The van der Waals surface area contributed by atoms with Gasteiger partial charge >= 0.3 is 0 Å². The van der Waals surface area contributed by atoms with Crippen LogP contribution in [0.2, 0.25) is 0 Å². The molecule has 2 amide bonds. The van der Waals surface area contributed by atoms with Crippen LogP contribution in [0, 0.1) is 5.92 Å². The van der Waals surface area contributed by atoms with Crippen LogP contribution in [0.15, 0.2) is 54.6 Å². The van der Waals surface area contributed by atoms with Crippen molar-refractivity contribution in [2.24, 2.45) is 5.92 Å². The Hall–Kier alpha value is -2.66. The molecule has 2 aromatic rings. The van der Waals surface area contributed by atoms with Crippen LogP contribution in [0.25, 0.3) is 0 Å². The van der Waals surface area contributed by atoms with Crippen molar-refractivity contribution in [3.05, 3.63) is 65.7 Å². The first-order valence-corrected chi connectivity index (χ1v) is 9.09. The second kappa shape index (κ2) is 8.63. The van der Waals surface area contributed by atoms with Crippen LogP contribution in [0.1, 0.15) is 49.1 Å². The molecule has 1 atom stereocenters. The van der Waals surface area contributed by atoms with Gasteiger partial charge in [0.2, 0.25) is 5.91 Å². The summed E-state index contributed by atoms with van der Waals surface area (Å²) < 4.78 is 0. The van der Waals surface area contributed by atoms with Gasteiger partial charge in [0.25, 0.3) is 5.91 Å². The van der Waals surface area contributed by atoms with Gasteiger partial charge in [-0.3, -0.25) is 14.8 Å². The van der Waals surface area contributed by atoms with E-state index in [-0.39, 0.29) is 11.8 Å². The number of hydrogen-bond acceptors (Lipinski definition) is 3. The molecule has 0 radical (unpaired) electrons. The second-order valence-corrected chi connectivity index (χ2v) is 6.77. The summed E-state index contributed by atoms with van der Waals surface area (Å²) in [6.07, 6.45) is 5.36. The maximum atomic E-state index is 12.4. The van der Waals surface area contributed by atoms with Crippen LogP contribution in [0.5, 0.6) is 0 Å². The van der Waals surface area contributed by atoms with E-state index in [0.29, 0.717) is 0 Å². The molecule has 1 aliphatic rings. The number of benzene rings is 2. The van der Waals surface area contributed by atoms with E-state index < -0.39 is 11.8 Å². The van der Waals surface area contributed by atoms with E-state index in [0.717, 1.165) is 42.5 Å². The number of nitrogens with one attached hydrogen (secondary N) is 2. The smallest absolute Gasteiger partial charge is 0.255 e. The number of hydroxylamine groups is 1. The fourth-order valence-electron chi connectivity index (χ4n) is 3.57. The summed E-state index contributed by atoms with van der Waals surface area (Å²) in [4.78, 5) is 24.5. The zero-order valence-electron chi connectivity index (χ0n) is 14.7. The highest BCUT2D eigenvalue weighted by Crippen LogP contribution is 2.27. The van der Waals surface area contributed by atoms with Crippen molar-refractivity contribution < 1.29 is 14.8 Å². The lowest BCUT2D eigenvalue weighted by Gasteiger charge is -2.21. The van der Waals surface area contributed by atoms with E-state index in [1.807, 2.05) is 42.5 Å². The van der Waals surface area contributed by atoms with Crippen LogP contribution in [-0.2, 0) is 9.59 Å². The Morgan fingerprint density at radius 1 is 0.885 bits per heavy atom. The van der Waals surface area contributed by atoms with E-state index in [4.69, 9.17) is 5.21 Å². The van der Waals surface area contributed by atoms with Gasteiger partial charge in [0.15, 0.2) is 0 Å². The van der Waals surface area contributed by atoms with Crippen LogP contribution < -0.4 is 10.8 Å². The molecule has 0 aliphatic heterocycles. The molecule has 1 unspecified atom stereocenters. The molecule has 1 fully saturated rings. The van der Waals surface area contributed by atoms with Gasteiger partial charge in [0.05, 0.1) is 5.92 Å². The first-order chi connectivity index (χ1) is 12.7. The second-order valence-electron chi connectivity index (χ2n) is 6.77. The maximum absolute atomic E-state index is 12.4. The minimum atomic E-state index is -0.607. The van der Waals surface area contributed by atoms with Gasteiger partial charge in [0, 0.05) is 11.6 Å². The molecule has 136 valence electrons. The molecule has 5 nitrogen and oxygen atoms in total. The Bertz CT molecular complexity index is 738. The normalized spacial score (nSPS) is 15.9. The molecule has 3 rings (SSSR count). The van der Waals surface area contributed by atoms with E-state index in [1.165, 1.54) is 6.42 Å². The Morgan fingerprint density at radius 2 is 1.50 bits per heavy atom. The third-order valence-electron chi connectivity index (χ3n) is 4.99. The van der Waals surface area contributed by atoms with E-state index in [2.05, 4.69) is 5.32 Å². The zero-order chi connectivity index (χ0) is 18.4. The van der Waals surface area contributed by atoms with Crippen LogP contribution in [-0.4, -0.2) is 17.0 Å². The number of hydrogen-bond donors (Lipinski definition) is 3. The number of amides is 2. The largest absolute Gasteiger partial charge is 0.326 e. The average Bonchev–Trinajstić information content (AvgIpc) is 2.71. The molecule has 0 spiro atoms. The highest BCUT2D eigenvalue weighted by atomic mass is 16.5. The van der Waals surface area contributed by atoms with Gasteiger partial charge in [-0.2, -0.15) is 0 Å². The molecule has 0 aromatic heterocycles. The molecule has 5 heteroatoms.